The number of nitrogens with zero attached hydrogens (tertiary/aromatic N) is 3. The van der Waals surface area contributed by atoms with E-state index >= 15 is 0 Å². The van der Waals surface area contributed by atoms with E-state index in [4.69, 9.17) is 0 Å². The van der Waals surface area contributed by atoms with Gasteiger partial charge in [-0.25, -0.2) is 0 Å². The highest BCUT2D eigenvalue weighted by atomic mass is 32.1. The highest BCUT2D eigenvalue weighted by molar-refractivity contribution is 7.15. The molecule has 0 aromatic carbocycles. The zero-order chi connectivity index (χ0) is 13.3. The van der Waals surface area contributed by atoms with Crippen LogP contribution in [0.5, 0.6) is 0 Å². The molecular formula is C12H20N4OS. The van der Waals surface area contributed by atoms with Crippen molar-refractivity contribution >= 4 is 22.4 Å². The zero-order valence-electron chi connectivity index (χ0n) is 11.4. The van der Waals surface area contributed by atoms with Crippen molar-refractivity contribution in [2.24, 2.45) is 5.41 Å². The number of nitrogens with one attached hydrogen (secondary N) is 1. The molecule has 1 aliphatic heterocycles. The largest absolute Gasteiger partial charge is 0.349 e. The second-order valence-electron chi connectivity index (χ2n) is 5.42. The number of hydrogen-bond donors (Lipinski definition) is 1. The third kappa shape index (κ3) is 2.63. The van der Waals surface area contributed by atoms with Crippen LogP contribution in [0.2, 0.25) is 0 Å². The van der Waals surface area contributed by atoms with Crippen LogP contribution in [0.3, 0.4) is 0 Å². The van der Waals surface area contributed by atoms with Crippen molar-refractivity contribution in [2.45, 2.75) is 40.2 Å². The molecule has 18 heavy (non-hydrogen) atoms. The summed E-state index contributed by atoms with van der Waals surface area (Å²) in [5.41, 5.74) is -0.278. The van der Waals surface area contributed by atoms with Gasteiger partial charge in [0.2, 0.25) is 11.0 Å². The number of hydrogen-bond acceptors (Lipinski definition) is 5. The lowest BCUT2D eigenvalue weighted by Crippen LogP contribution is -2.61. The SMILES string of the molecule is CCC(C)(C)C(=O)NC1CN(c2nnc(C)s2)C1. The third-order valence-corrected chi connectivity index (χ3v) is 4.40. The maximum absolute atomic E-state index is 12.0. The van der Waals surface area contributed by atoms with Gasteiger partial charge in [0.1, 0.15) is 5.01 Å². The van der Waals surface area contributed by atoms with E-state index in [9.17, 15) is 4.79 Å². The number of anilines is 1. The molecule has 0 radical (unpaired) electrons. The van der Waals surface area contributed by atoms with Gasteiger partial charge in [-0.15, -0.1) is 10.2 Å². The molecule has 1 N–H and O–H groups in total. The summed E-state index contributed by atoms with van der Waals surface area (Å²) in [6.45, 7) is 9.61. The predicted molar refractivity (Wildman–Crippen MR) is 72.9 cm³/mol. The molecule has 0 unspecified atom stereocenters. The fourth-order valence-electron chi connectivity index (χ4n) is 1.68. The Morgan fingerprint density at radius 2 is 2.17 bits per heavy atom. The lowest BCUT2D eigenvalue weighted by molar-refractivity contribution is -0.130. The van der Waals surface area contributed by atoms with Gasteiger partial charge in [0.05, 0.1) is 6.04 Å². The van der Waals surface area contributed by atoms with Crippen molar-refractivity contribution in [1.29, 1.82) is 0 Å². The number of aryl methyl sites for hydroxylation is 1. The maximum atomic E-state index is 12.0. The Bertz CT molecular complexity index is 437. The van der Waals surface area contributed by atoms with Gasteiger partial charge in [-0.3, -0.25) is 4.79 Å². The molecule has 0 aliphatic carbocycles. The molecule has 1 amide bonds. The molecule has 5 nitrogen and oxygen atoms in total. The average Bonchev–Trinajstić information content (AvgIpc) is 2.68. The van der Waals surface area contributed by atoms with Crippen LogP contribution in [-0.4, -0.2) is 35.2 Å². The second-order valence-corrected chi connectivity index (χ2v) is 6.58. The van der Waals surface area contributed by atoms with Gasteiger partial charge in [-0.05, 0) is 13.3 Å². The molecule has 0 saturated carbocycles. The summed E-state index contributed by atoms with van der Waals surface area (Å²) in [7, 11) is 0. The van der Waals surface area contributed by atoms with Crippen molar-refractivity contribution in [3.63, 3.8) is 0 Å². The molecule has 100 valence electrons. The highest BCUT2D eigenvalue weighted by Crippen LogP contribution is 2.25. The topological polar surface area (TPSA) is 58.1 Å². The first-order valence-electron chi connectivity index (χ1n) is 6.28. The van der Waals surface area contributed by atoms with Crippen LogP contribution >= 0.6 is 11.3 Å². The summed E-state index contributed by atoms with van der Waals surface area (Å²) in [5.74, 6) is 0.142. The lowest BCUT2D eigenvalue weighted by atomic mass is 9.88. The van der Waals surface area contributed by atoms with Crippen LogP contribution in [0.25, 0.3) is 0 Å². The van der Waals surface area contributed by atoms with Crippen LogP contribution in [0.1, 0.15) is 32.2 Å². The highest BCUT2D eigenvalue weighted by Gasteiger charge is 2.34. The molecular weight excluding hydrogens is 248 g/mol. The second kappa shape index (κ2) is 4.84. The molecule has 2 rings (SSSR count). The van der Waals surface area contributed by atoms with E-state index < -0.39 is 0 Å². The fourth-order valence-corrected chi connectivity index (χ4v) is 2.39. The third-order valence-electron chi connectivity index (χ3n) is 3.50. The van der Waals surface area contributed by atoms with Crippen molar-refractivity contribution < 1.29 is 4.79 Å². The predicted octanol–water partition coefficient (Wildman–Crippen LogP) is 1.59. The van der Waals surface area contributed by atoms with Crippen molar-refractivity contribution in [1.82, 2.24) is 15.5 Å². The Labute approximate surface area is 112 Å². The van der Waals surface area contributed by atoms with Crippen LogP contribution in [-0.2, 0) is 4.79 Å². The van der Waals surface area contributed by atoms with Crippen molar-refractivity contribution in [2.75, 3.05) is 18.0 Å². The van der Waals surface area contributed by atoms with Gasteiger partial charge < -0.3 is 10.2 Å². The Hall–Kier alpha value is -1.17. The quantitative estimate of drug-likeness (QED) is 0.901. The number of aromatic nitrogens is 2. The molecule has 1 saturated heterocycles. The summed E-state index contributed by atoms with van der Waals surface area (Å²) in [5, 5.41) is 13.1. The number of rotatable bonds is 4. The summed E-state index contributed by atoms with van der Waals surface area (Å²) in [4.78, 5) is 14.1. The molecule has 1 aromatic rings. The van der Waals surface area contributed by atoms with Gasteiger partial charge in [0.25, 0.3) is 0 Å². The number of carbonyl (C=O) groups excluding carboxylic acids is 1. The number of carbonyl (C=O) groups is 1. The minimum atomic E-state index is -0.278. The first-order valence-corrected chi connectivity index (χ1v) is 7.10. The van der Waals surface area contributed by atoms with E-state index in [2.05, 4.69) is 20.4 Å². The molecule has 0 bridgehead atoms. The van der Waals surface area contributed by atoms with Crippen LogP contribution in [0.4, 0.5) is 5.13 Å². The average molecular weight is 268 g/mol. The summed E-state index contributed by atoms with van der Waals surface area (Å²) >= 11 is 1.59. The molecule has 1 aliphatic rings. The van der Waals surface area contributed by atoms with Crippen molar-refractivity contribution in [3.05, 3.63) is 5.01 Å². The minimum absolute atomic E-state index is 0.142. The standard InChI is InChI=1S/C12H20N4OS/c1-5-12(3,4)10(17)13-9-6-16(7-9)11-15-14-8(2)18-11/h9H,5-7H2,1-4H3,(H,13,17). The first-order chi connectivity index (χ1) is 8.42. The summed E-state index contributed by atoms with van der Waals surface area (Å²) in [6, 6.07) is 0.243. The van der Waals surface area contributed by atoms with Crippen LogP contribution in [0, 0.1) is 12.3 Å². The van der Waals surface area contributed by atoms with E-state index in [-0.39, 0.29) is 17.4 Å². The van der Waals surface area contributed by atoms with Gasteiger partial charge in [0.15, 0.2) is 0 Å². The van der Waals surface area contributed by atoms with Gasteiger partial charge in [-0.2, -0.15) is 0 Å². The van der Waals surface area contributed by atoms with Gasteiger partial charge in [-0.1, -0.05) is 32.1 Å². The zero-order valence-corrected chi connectivity index (χ0v) is 12.2. The van der Waals surface area contributed by atoms with E-state index in [1.54, 1.807) is 11.3 Å². The Balaban J connectivity index is 1.82. The fraction of sp³-hybridized carbons (Fsp3) is 0.750. The van der Waals surface area contributed by atoms with Crippen LogP contribution < -0.4 is 10.2 Å². The Morgan fingerprint density at radius 3 is 2.67 bits per heavy atom. The maximum Gasteiger partial charge on any atom is 0.225 e. The van der Waals surface area contributed by atoms with E-state index in [1.807, 2.05) is 27.7 Å². The summed E-state index contributed by atoms with van der Waals surface area (Å²) in [6.07, 6.45) is 0.852. The molecule has 0 atom stereocenters. The van der Waals surface area contributed by atoms with Gasteiger partial charge >= 0.3 is 0 Å². The Morgan fingerprint density at radius 1 is 1.50 bits per heavy atom. The molecule has 0 spiro atoms. The first kappa shape index (κ1) is 13.3. The lowest BCUT2D eigenvalue weighted by Gasteiger charge is -2.40. The van der Waals surface area contributed by atoms with Crippen molar-refractivity contribution in [3.8, 4) is 0 Å². The molecule has 2 heterocycles. The van der Waals surface area contributed by atoms with E-state index in [0.717, 1.165) is 29.6 Å². The molecule has 1 aromatic heterocycles. The molecule has 6 heteroatoms. The van der Waals surface area contributed by atoms with E-state index in [0.29, 0.717) is 0 Å². The molecule has 1 fully saturated rings. The summed E-state index contributed by atoms with van der Waals surface area (Å²) < 4.78 is 0. The minimum Gasteiger partial charge on any atom is -0.349 e. The van der Waals surface area contributed by atoms with E-state index in [1.165, 1.54) is 0 Å². The Kier molecular flexibility index (Phi) is 3.56. The smallest absolute Gasteiger partial charge is 0.225 e. The van der Waals surface area contributed by atoms with Crippen LogP contribution in [0.15, 0.2) is 0 Å². The van der Waals surface area contributed by atoms with Gasteiger partial charge in [0, 0.05) is 18.5 Å². The normalized spacial score (nSPS) is 16.6. The monoisotopic (exact) mass is 268 g/mol. The number of amides is 1.